The van der Waals surface area contributed by atoms with E-state index in [-0.39, 0.29) is 5.91 Å². The molecule has 0 aliphatic carbocycles. The number of amides is 1. The Hall–Kier alpha value is -5.12. The van der Waals surface area contributed by atoms with Crippen LogP contribution >= 0.6 is 0 Å². The van der Waals surface area contributed by atoms with Gasteiger partial charge in [0, 0.05) is 39.3 Å². The van der Waals surface area contributed by atoms with Gasteiger partial charge < -0.3 is 15.6 Å². The third kappa shape index (κ3) is 4.15. The van der Waals surface area contributed by atoms with Crippen molar-refractivity contribution in [3.63, 3.8) is 0 Å². The molecule has 35 heavy (non-hydrogen) atoms. The van der Waals surface area contributed by atoms with Crippen molar-refractivity contribution >= 4 is 44.9 Å². The van der Waals surface area contributed by atoms with Crippen molar-refractivity contribution in [2.45, 2.75) is 6.92 Å². The molecule has 0 radical (unpaired) electrons. The average Bonchev–Trinajstić information content (AvgIpc) is 3.50. The standard InChI is InChI=1S/C25H19N9O/c1-14-8-23(30-18-4-5-20-17(9-18)12-28-34-20)33-24(29-14)16-3-2-15-10-22(32-21(15)11-16)25(35)31-19-6-7-26-27-13-19/h2-13,32H,1H3,(H,28,34)(H,26,31,35)(H,29,30,33). The number of benzene rings is 2. The van der Waals surface area contributed by atoms with Gasteiger partial charge in [0.05, 0.1) is 29.8 Å². The zero-order valence-corrected chi connectivity index (χ0v) is 18.6. The van der Waals surface area contributed by atoms with E-state index in [0.717, 1.165) is 38.8 Å². The van der Waals surface area contributed by atoms with Crippen molar-refractivity contribution in [2.24, 2.45) is 0 Å². The topological polar surface area (TPSA) is 137 Å². The first kappa shape index (κ1) is 20.5. The highest BCUT2D eigenvalue weighted by Crippen LogP contribution is 2.26. The average molecular weight is 461 g/mol. The molecule has 0 atom stereocenters. The van der Waals surface area contributed by atoms with Crippen molar-refractivity contribution in [2.75, 3.05) is 10.6 Å². The summed E-state index contributed by atoms with van der Waals surface area (Å²) in [5.74, 6) is 1.01. The highest BCUT2D eigenvalue weighted by molar-refractivity contribution is 6.06. The lowest BCUT2D eigenvalue weighted by Gasteiger charge is -2.09. The molecule has 1 amide bonds. The van der Waals surface area contributed by atoms with E-state index in [4.69, 9.17) is 4.98 Å². The number of nitrogens with zero attached hydrogens (tertiary/aromatic N) is 5. The minimum Gasteiger partial charge on any atom is -0.350 e. The van der Waals surface area contributed by atoms with Crippen LogP contribution in [0.4, 0.5) is 17.2 Å². The molecule has 10 heteroatoms. The molecule has 6 aromatic rings. The predicted molar refractivity (Wildman–Crippen MR) is 133 cm³/mol. The van der Waals surface area contributed by atoms with Gasteiger partial charge in [-0.2, -0.15) is 15.3 Å². The summed E-state index contributed by atoms with van der Waals surface area (Å²) < 4.78 is 0. The molecule has 0 saturated carbocycles. The van der Waals surface area contributed by atoms with Crippen molar-refractivity contribution in [1.29, 1.82) is 0 Å². The van der Waals surface area contributed by atoms with Crippen LogP contribution in [0.25, 0.3) is 33.2 Å². The molecule has 170 valence electrons. The number of aromatic amines is 2. The van der Waals surface area contributed by atoms with Gasteiger partial charge in [-0.25, -0.2) is 9.97 Å². The van der Waals surface area contributed by atoms with Crippen molar-refractivity contribution in [1.82, 2.24) is 35.3 Å². The lowest BCUT2D eigenvalue weighted by molar-refractivity contribution is 0.102. The molecule has 0 fully saturated rings. The number of anilines is 3. The second-order valence-corrected chi connectivity index (χ2v) is 8.09. The van der Waals surface area contributed by atoms with Crippen LogP contribution in [0.5, 0.6) is 0 Å². The number of carbonyl (C=O) groups is 1. The van der Waals surface area contributed by atoms with Crippen molar-refractivity contribution in [3.05, 3.63) is 84.6 Å². The van der Waals surface area contributed by atoms with E-state index in [0.29, 0.717) is 23.0 Å². The Balaban J connectivity index is 1.28. The molecule has 0 aliphatic rings. The molecule has 4 N–H and O–H groups in total. The van der Waals surface area contributed by atoms with Crippen LogP contribution in [0.1, 0.15) is 16.2 Å². The summed E-state index contributed by atoms with van der Waals surface area (Å²) >= 11 is 0. The fraction of sp³-hybridized carbons (Fsp3) is 0.0400. The summed E-state index contributed by atoms with van der Waals surface area (Å²) in [6.07, 6.45) is 4.80. The lowest BCUT2D eigenvalue weighted by Crippen LogP contribution is -2.12. The van der Waals surface area contributed by atoms with Gasteiger partial charge >= 0.3 is 0 Å². The predicted octanol–water partition coefficient (Wildman–Crippen LogP) is 4.60. The molecular formula is C25H19N9O. The van der Waals surface area contributed by atoms with Gasteiger partial charge in [0.15, 0.2) is 5.82 Å². The van der Waals surface area contributed by atoms with E-state index in [2.05, 4.69) is 41.0 Å². The summed E-state index contributed by atoms with van der Waals surface area (Å²) in [5.41, 5.74) is 5.37. The smallest absolute Gasteiger partial charge is 0.272 e. The van der Waals surface area contributed by atoms with Gasteiger partial charge in [-0.05, 0) is 43.3 Å². The molecule has 0 bridgehead atoms. The largest absolute Gasteiger partial charge is 0.350 e. The highest BCUT2D eigenvalue weighted by Gasteiger charge is 2.12. The van der Waals surface area contributed by atoms with Crippen LogP contribution in [0.3, 0.4) is 0 Å². The molecule has 0 spiro atoms. The number of rotatable bonds is 5. The second kappa shape index (κ2) is 8.34. The van der Waals surface area contributed by atoms with Gasteiger partial charge in [0.25, 0.3) is 5.91 Å². The Bertz CT molecular complexity index is 1690. The molecule has 0 saturated heterocycles. The maximum atomic E-state index is 12.6. The van der Waals surface area contributed by atoms with E-state index in [1.807, 2.05) is 49.4 Å². The number of carbonyl (C=O) groups excluding carboxylic acids is 1. The number of hydrogen-bond donors (Lipinski definition) is 4. The fourth-order valence-electron chi connectivity index (χ4n) is 3.88. The zero-order chi connectivity index (χ0) is 23.8. The van der Waals surface area contributed by atoms with E-state index in [1.165, 1.54) is 12.4 Å². The number of H-pyrrole nitrogens is 2. The van der Waals surface area contributed by atoms with Gasteiger partial charge in [-0.1, -0.05) is 12.1 Å². The highest BCUT2D eigenvalue weighted by atomic mass is 16.1. The molecule has 0 aliphatic heterocycles. The van der Waals surface area contributed by atoms with E-state index < -0.39 is 0 Å². The first-order chi connectivity index (χ1) is 17.1. The summed E-state index contributed by atoms with van der Waals surface area (Å²) in [6, 6.07) is 17.2. The molecule has 0 unspecified atom stereocenters. The molecule has 4 aromatic heterocycles. The summed E-state index contributed by atoms with van der Waals surface area (Å²) in [6.45, 7) is 1.93. The van der Waals surface area contributed by atoms with E-state index >= 15 is 0 Å². The van der Waals surface area contributed by atoms with Crippen molar-refractivity contribution < 1.29 is 4.79 Å². The number of aromatic nitrogens is 7. The monoisotopic (exact) mass is 461 g/mol. The van der Waals surface area contributed by atoms with Gasteiger partial charge in [-0.3, -0.25) is 9.89 Å². The minimum atomic E-state index is -0.261. The Kier molecular flexibility index (Phi) is 4.88. The third-order valence-corrected chi connectivity index (χ3v) is 5.53. The number of nitrogens with one attached hydrogen (secondary N) is 4. The third-order valence-electron chi connectivity index (χ3n) is 5.53. The first-order valence-corrected chi connectivity index (χ1v) is 10.9. The maximum Gasteiger partial charge on any atom is 0.272 e. The van der Waals surface area contributed by atoms with Gasteiger partial charge in [0.2, 0.25) is 0 Å². The second-order valence-electron chi connectivity index (χ2n) is 8.09. The molecular weight excluding hydrogens is 442 g/mol. The van der Waals surface area contributed by atoms with E-state index in [1.54, 1.807) is 18.3 Å². The minimum absolute atomic E-state index is 0.261. The summed E-state index contributed by atoms with van der Waals surface area (Å²) in [4.78, 5) is 25.2. The zero-order valence-electron chi connectivity index (χ0n) is 18.6. The quantitative estimate of drug-likeness (QED) is 0.294. The molecule has 6 rings (SSSR count). The summed E-state index contributed by atoms with van der Waals surface area (Å²) in [7, 11) is 0. The number of hydrogen-bond acceptors (Lipinski definition) is 7. The van der Waals surface area contributed by atoms with Gasteiger partial charge in [-0.15, -0.1) is 0 Å². The lowest BCUT2D eigenvalue weighted by atomic mass is 10.1. The van der Waals surface area contributed by atoms with Crippen LogP contribution < -0.4 is 10.6 Å². The van der Waals surface area contributed by atoms with Crippen LogP contribution in [0, 0.1) is 6.92 Å². The van der Waals surface area contributed by atoms with Crippen LogP contribution in [-0.2, 0) is 0 Å². The molecule has 10 nitrogen and oxygen atoms in total. The fourth-order valence-corrected chi connectivity index (χ4v) is 3.88. The Morgan fingerprint density at radius 1 is 0.857 bits per heavy atom. The molecule has 2 aromatic carbocycles. The Labute approximate surface area is 198 Å². The normalized spacial score (nSPS) is 11.1. The summed E-state index contributed by atoms with van der Waals surface area (Å²) in [5, 5.41) is 22.6. The van der Waals surface area contributed by atoms with Crippen LogP contribution in [-0.4, -0.2) is 41.3 Å². The number of fused-ring (bicyclic) bond motifs is 2. The first-order valence-electron chi connectivity index (χ1n) is 10.9. The van der Waals surface area contributed by atoms with Crippen molar-refractivity contribution in [3.8, 4) is 11.4 Å². The maximum absolute atomic E-state index is 12.6. The van der Waals surface area contributed by atoms with E-state index in [9.17, 15) is 4.79 Å². The van der Waals surface area contributed by atoms with Crippen LogP contribution in [0.2, 0.25) is 0 Å². The number of aryl methyl sites for hydroxylation is 1. The SMILES string of the molecule is Cc1cc(Nc2ccc3[nH]ncc3c2)nc(-c2ccc3cc(C(=O)Nc4ccnnc4)[nH]c3c2)n1. The Morgan fingerprint density at radius 3 is 2.69 bits per heavy atom. The van der Waals surface area contributed by atoms with Crippen LogP contribution in [0.15, 0.2) is 73.2 Å². The Morgan fingerprint density at radius 2 is 1.80 bits per heavy atom. The molecule has 4 heterocycles. The van der Waals surface area contributed by atoms with Gasteiger partial charge in [0.1, 0.15) is 11.5 Å².